The van der Waals surface area contributed by atoms with E-state index in [2.05, 4.69) is 0 Å². The zero-order valence-electron chi connectivity index (χ0n) is 12.1. The smallest absolute Gasteiger partial charge is 0.303 e. The molecule has 4 atom stereocenters. The topological polar surface area (TPSA) is 114 Å². The molecule has 0 N–H and O–H groups in total. The van der Waals surface area contributed by atoms with Crippen molar-refractivity contribution in [2.75, 3.05) is 20.0 Å². The highest BCUT2D eigenvalue weighted by Gasteiger charge is 2.47. The number of methoxy groups -OCH3 is 1. The monoisotopic (exact) mass is 326 g/mol. The summed E-state index contributed by atoms with van der Waals surface area (Å²) in [6.07, 6.45) is -3.70. The van der Waals surface area contributed by atoms with Gasteiger partial charge in [-0.3, -0.25) is 13.8 Å². The SMILES string of the molecule is COC1OCC(OC(C)=O)C(OC(C)=O)C1OS(C)(=O)=O. The zero-order chi connectivity index (χ0) is 16.2. The minimum absolute atomic E-state index is 0.125. The molecule has 0 bridgehead atoms. The van der Waals surface area contributed by atoms with Crippen LogP contribution in [0.25, 0.3) is 0 Å². The molecule has 21 heavy (non-hydrogen) atoms. The van der Waals surface area contributed by atoms with Gasteiger partial charge in [-0.1, -0.05) is 0 Å². The van der Waals surface area contributed by atoms with E-state index < -0.39 is 46.7 Å². The maximum absolute atomic E-state index is 11.3. The van der Waals surface area contributed by atoms with E-state index in [9.17, 15) is 18.0 Å². The Hall–Kier alpha value is -1.23. The third-order valence-electron chi connectivity index (χ3n) is 2.52. The van der Waals surface area contributed by atoms with Gasteiger partial charge in [0.15, 0.2) is 24.6 Å². The van der Waals surface area contributed by atoms with Gasteiger partial charge in [-0.2, -0.15) is 8.42 Å². The number of hydrogen-bond donors (Lipinski definition) is 0. The third kappa shape index (κ3) is 5.58. The van der Waals surface area contributed by atoms with E-state index in [4.69, 9.17) is 23.1 Å². The molecule has 4 unspecified atom stereocenters. The van der Waals surface area contributed by atoms with Crippen molar-refractivity contribution >= 4 is 22.1 Å². The molecule has 0 saturated carbocycles. The van der Waals surface area contributed by atoms with E-state index >= 15 is 0 Å². The standard InChI is InChI=1S/C11H18O9S/c1-6(12)18-8-5-17-11(16-3)10(20-21(4,14)15)9(8)19-7(2)13/h8-11H,5H2,1-4H3. The van der Waals surface area contributed by atoms with Crippen molar-refractivity contribution in [3.8, 4) is 0 Å². The van der Waals surface area contributed by atoms with Crippen molar-refractivity contribution in [2.24, 2.45) is 0 Å². The van der Waals surface area contributed by atoms with E-state index in [1.807, 2.05) is 0 Å². The molecule has 0 aromatic carbocycles. The van der Waals surface area contributed by atoms with Crippen LogP contribution >= 0.6 is 0 Å². The summed E-state index contributed by atoms with van der Waals surface area (Å²) in [6.45, 7) is 2.18. The minimum Gasteiger partial charge on any atom is -0.456 e. The first-order valence-electron chi connectivity index (χ1n) is 6.01. The normalized spacial score (nSPS) is 29.7. The molecular formula is C11H18O9S. The van der Waals surface area contributed by atoms with Gasteiger partial charge in [-0.05, 0) is 0 Å². The molecule has 0 spiro atoms. The highest BCUT2D eigenvalue weighted by atomic mass is 32.2. The predicted octanol–water partition coefficient (Wildman–Crippen LogP) is -0.803. The van der Waals surface area contributed by atoms with Gasteiger partial charge in [-0.15, -0.1) is 0 Å². The lowest BCUT2D eigenvalue weighted by molar-refractivity contribution is -0.262. The Balaban J connectivity index is 3.05. The highest BCUT2D eigenvalue weighted by Crippen LogP contribution is 2.25. The number of carbonyl (C=O) groups excluding carboxylic acids is 2. The van der Waals surface area contributed by atoms with E-state index in [1.165, 1.54) is 14.0 Å². The van der Waals surface area contributed by atoms with Crippen LogP contribution < -0.4 is 0 Å². The average molecular weight is 326 g/mol. The lowest BCUT2D eigenvalue weighted by atomic mass is 10.0. The second kappa shape index (κ2) is 7.16. The summed E-state index contributed by atoms with van der Waals surface area (Å²) in [5, 5.41) is 0. The molecule has 0 aromatic heterocycles. The van der Waals surface area contributed by atoms with E-state index in [-0.39, 0.29) is 6.61 Å². The van der Waals surface area contributed by atoms with Crippen molar-refractivity contribution in [2.45, 2.75) is 38.4 Å². The fourth-order valence-electron chi connectivity index (χ4n) is 1.90. The number of esters is 2. The fourth-order valence-corrected chi connectivity index (χ4v) is 2.50. The Kier molecular flexibility index (Phi) is 6.08. The Morgan fingerprint density at radius 1 is 1.10 bits per heavy atom. The van der Waals surface area contributed by atoms with Gasteiger partial charge in [0.25, 0.3) is 10.1 Å². The van der Waals surface area contributed by atoms with Gasteiger partial charge >= 0.3 is 11.9 Å². The summed E-state index contributed by atoms with van der Waals surface area (Å²) in [6, 6.07) is 0. The van der Waals surface area contributed by atoms with Crippen LogP contribution in [0.3, 0.4) is 0 Å². The lowest BCUT2D eigenvalue weighted by Crippen LogP contribution is -2.57. The third-order valence-corrected chi connectivity index (χ3v) is 3.09. The molecule has 0 radical (unpaired) electrons. The number of hydrogen-bond acceptors (Lipinski definition) is 9. The predicted molar refractivity (Wildman–Crippen MR) is 67.6 cm³/mol. The Bertz CT molecular complexity index is 486. The summed E-state index contributed by atoms with van der Waals surface area (Å²) in [5.74, 6) is -1.31. The maximum Gasteiger partial charge on any atom is 0.303 e. The molecule has 1 saturated heterocycles. The summed E-state index contributed by atoms with van der Waals surface area (Å²) in [5.41, 5.74) is 0. The summed E-state index contributed by atoms with van der Waals surface area (Å²) >= 11 is 0. The first-order valence-corrected chi connectivity index (χ1v) is 7.82. The Morgan fingerprint density at radius 2 is 1.67 bits per heavy atom. The fraction of sp³-hybridized carbons (Fsp3) is 0.818. The van der Waals surface area contributed by atoms with Crippen molar-refractivity contribution in [3.63, 3.8) is 0 Å². The average Bonchev–Trinajstić information content (AvgIpc) is 2.30. The second-order valence-corrected chi connectivity index (χ2v) is 6.03. The van der Waals surface area contributed by atoms with E-state index in [1.54, 1.807) is 0 Å². The largest absolute Gasteiger partial charge is 0.456 e. The number of ether oxygens (including phenoxy) is 4. The van der Waals surface area contributed by atoms with Crippen LogP contribution in [0.4, 0.5) is 0 Å². The molecule has 1 aliphatic rings. The molecule has 0 aliphatic carbocycles. The molecule has 122 valence electrons. The molecule has 0 aromatic rings. The molecule has 1 heterocycles. The van der Waals surface area contributed by atoms with Gasteiger partial charge in [0.1, 0.15) is 0 Å². The number of carbonyl (C=O) groups is 2. The van der Waals surface area contributed by atoms with Gasteiger partial charge < -0.3 is 18.9 Å². The molecule has 1 rings (SSSR count). The highest BCUT2D eigenvalue weighted by molar-refractivity contribution is 7.86. The summed E-state index contributed by atoms with van der Waals surface area (Å²) in [7, 11) is -2.60. The zero-order valence-corrected chi connectivity index (χ0v) is 12.9. The van der Waals surface area contributed by atoms with Crippen molar-refractivity contribution < 1.29 is 41.1 Å². The maximum atomic E-state index is 11.3. The van der Waals surface area contributed by atoms with Crippen LogP contribution in [0.15, 0.2) is 0 Å². The summed E-state index contributed by atoms with van der Waals surface area (Å²) < 4.78 is 47.7. The van der Waals surface area contributed by atoms with Gasteiger partial charge in [0, 0.05) is 21.0 Å². The molecular weight excluding hydrogens is 308 g/mol. The summed E-state index contributed by atoms with van der Waals surface area (Å²) in [4.78, 5) is 22.3. The molecule has 0 amide bonds. The second-order valence-electron chi connectivity index (χ2n) is 4.42. The Morgan fingerprint density at radius 3 is 2.10 bits per heavy atom. The van der Waals surface area contributed by atoms with Gasteiger partial charge in [0.2, 0.25) is 0 Å². The minimum atomic E-state index is -3.88. The van der Waals surface area contributed by atoms with Crippen LogP contribution in [0.1, 0.15) is 13.8 Å². The molecule has 1 fully saturated rings. The first kappa shape index (κ1) is 17.8. The Labute approximate surface area is 122 Å². The van der Waals surface area contributed by atoms with Crippen molar-refractivity contribution in [1.29, 1.82) is 0 Å². The van der Waals surface area contributed by atoms with Crippen LogP contribution in [-0.2, 0) is 42.8 Å². The van der Waals surface area contributed by atoms with Crippen LogP contribution in [0, 0.1) is 0 Å². The van der Waals surface area contributed by atoms with Gasteiger partial charge in [0.05, 0.1) is 12.9 Å². The lowest BCUT2D eigenvalue weighted by Gasteiger charge is -2.39. The molecule has 1 aliphatic heterocycles. The molecule has 9 nitrogen and oxygen atoms in total. The number of rotatable bonds is 5. The van der Waals surface area contributed by atoms with Gasteiger partial charge in [-0.25, -0.2) is 0 Å². The van der Waals surface area contributed by atoms with Crippen LogP contribution in [0.5, 0.6) is 0 Å². The van der Waals surface area contributed by atoms with Crippen molar-refractivity contribution in [3.05, 3.63) is 0 Å². The van der Waals surface area contributed by atoms with Crippen LogP contribution in [0.2, 0.25) is 0 Å². The van der Waals surface area contributed by atoms with E-state index in [0.717, 1.165) is 13.2 Å². The van der Waals surface area contributed by atoms with E-state index in [0.29, 0.717) is 0 Å². The quantitative estimate of drug-likeness (QED) is 0.473. The molecule has 10 heteroatoms. The van der Waals surface area contributed by atoms with Crippen LogP contribution in [-0.4, -0.2) is 64.9 Å². The van der Waals surface area contributed by atoms with Crippen molar-refractivity contribution in [1.82, 2.24) is 0 Å². The first-order chi connectivity index (χ1) is 9.64.